The molecular weight excluding hydrogens is 356 g/mol. The minimum absolute atomic E-state index is 0.0283. The summed E-state index contributed by atoms with van der Waals surface area (Å²) in [6, 6.07) is 14.6. The number of ether oxygens (including phenoxy) is 2. The smallest absolute Gasteiger partial charge is 0.258 e. The van der Waals surface area contributed by atoms with Crippen molar-refractivity contribution in [1.29, 1.82) is 0 Å². The Labute approximate surface area is 166 Å². The molecule has 6 heteroatoms. The summed E-state index contributed by atoms with van der Waals surface area (Å²) in [5.41, 5.74) is 1.65. The molecule has 28 heavy (non-hydrogen) atoms. The molecule has 0 bridgehead atoms. The van der Waals surface area contributed by atoms with Crippen molar-refractivity contribution in [2.45, 2.75) is 19.4 Å². The molecule has 0 saturated heterocycles. The number of benzene rings is 2. The van der Waals surface area contributed by atoms with E-state index in [9.17, 15) is 9.59 Å². The molecule has 2 aromatic rings. The lowest BCUT2D eigenvalue weighted by atomic mass is 10.0. The lowest BCUT2D eigenvalue weighted by Gasteiger charge is -2.26. The summed E-state index contributed by atoms with van der Waals surface area (Å²) >= 11 is 0. The number of ketones is 1. The van der Waals surface area contributed by atoms with Crippen LogP contribution >= 0.6 is 0 Å². The second-order valence-corrected chi connectivity index (χ2v) is 6.62. The van der Waals surface area contributed by atoms with Crippen molar-refractivity contribution in [1.82, 2.24) is 10.2 Å². The molecule has 150 valence electrons. The van der Waals surface area contributed by atoms with Gasteiger partial charge in [0.05, 0.1) is 13.2 Å². The number of carbonyl (C=O) groups is 2. The number of amides is 1. The van der Waals surface area contributed by atoms with Crippen LogP contribution in [0.25, 0.3) is 0 Å². The van der Waals surface area contributed by atoms with Gasteiger partial charge in [-0.2, -0.15) is 0 Å². The maximum Gasteiger partial charge on any atom is 0.258 e. The molecular formula is C22H28N2O4. The van der Waals surface area contributed by atoms with Gasteiger partial charge in [0, 0.05) is 24.1 Å². The first-order valence-corrected chi connectivity index (χ1v) is 9.28. The number of methoxy groups -OCH3 is 1. The molecule has 0 aliphatic heterocycles. The molecule has 0 aliphatic rings. The van der Waals surface area contributed by atoms with Crippen molar-refractivity contribution < 1.29 is 19.1 Å². The predicted octanol–water partition coefficient (Wildman–Crippen LogP) is 3.09. The Morgan fingerprint density at radius 2 is 1.75 bits per heavy atom. The molecule has 0 radical (unpaired) electrons. The predicted molar refractivity (Wildman–Crippen MR) is 109 cm³/mol. The van der Waals surface area contributed by atoms with E-state index < -0.39 is 0 Å². The highest BCUT2D eigenvalue weighted by Crippen LogP contribution is 2.27. The summed E-state index contributed by atoms with van der Waals surface area (Å²) in [6.45, 7) is 2.16. The van der Waals surface area contributed by atoms with Crippen molar-refractivity contribution in [3.8, 4) is 11.5 Å². The first-order chi connectivity index (χ1) is 13.5. The third kappa shape index (κ3) is 5.82. The topological polar surface area (TPSA) is 67.9 Å². The van der Waals surface area contributed by atoms with Gasteiger partial charge in [-0.15, -0.1) is 0 Å². The third-order valence-corrected chi connectivity index (χ3v) is 4.48. The Morgan fingerprint density at radius 1 is 1.07 bits per heavy atom. The molecule has 6 nitrogen and oxygen atoms in total. The number of para-hydroxylation sites is 1. The lowest BCUT2D eigenvalue weighted by Crippen LogP contribution is -2.37. The van der Waals surface area contributed by atoms with Gasteiger partial charge in [-0.25, -0.2) is 0 Å². The molecule has 0 aliphatic carbocycles. The highest BCUT2D eigenvalue weighted by atomic mass is 16.5. The normalized spacial score (nSPS) is 11.8. The molecule has 1 unspecified atom stereocenters. The van der Waals surface area contributed by atoms with Crippen LogP contribution in [0, 0.1) is 0 Å². The first-order valence-electron chi connectivity index (χ1n) is 9.28. The van der Waals surface area contributed by atoms with E-state index in [4.69, 9.17) is 9.47 Å². The monoisotopic (exact) mass is 384 g/mol. The van der Waals surface area contributed by atoms with Crippen LogP contribution in [0.1, 0.15) is 35.3 Å². The Balaban J connectivity index is 1.90. The molecule has 0 heterocycles. The van der Waals surface area contributed by atoms with Gasteiger partial charge in [-0.3, -0.25) is 9.59 Å². The van der Waals surface area contributed by atoms with Crippen molar-refractivity contribution in [2.75, 3.05) is 34.4 Å². The fraction of sp³-hybridized carbons (Fsp3) is 0.364. The van der Waals surface area contributed by atoms with Gasteiger partial charge < -0.3 is 19.7 Å². The van der Waals surface area contributed by atoms with Gasteiger partial charge in [-0.1, -0.05) is 25.1 Å². The highest BCUT2D eigenvalue weighted by Gasteiger charge is 2.19. The van der Waals surface area contributed by atoms with Gasteiger partial charge in [-0.05, 0) is 44.4 Å². The number of hydrogen-bond donors (Lipinski definition) is 1. The average molecular weight is 384 g/mol. The fourth-order valence-corrected chi connectivity index (χ4v) is 2.86. The molecule has 0 aromatic heterocycles. The molecule has 1 atom stereocenters. The first kappa shape index (κ1) is 21.4. The van der Waals surface area contributed by atoms with E-state index in [0.717, 1.165) is 11.3 Å². The van der Waals surface area contributed by atoms with E-state index in [-0.39, 0.29) is 24.3 Å². The third-order valence-electron chi connectivity index (χ3n) is 4.48. The molecule has 1 amide bonds. The Morgan fingerprint density at radius 3 is 2.36 bits per heavy atom. The number of hydrogen-bond acceptors (Lipinski definition) is 5. The molecule has 0 saturated carbocycles. The zero-order valence-electron chi connectivity index (χ0n) is 16.9. The molecule has 2 rings (SSSR count). The van der Waals surface area contributed by atoms with Gasteiger partial charge in [0.25, 0.3) is 5.91 Å². The van der Waals surface area contributed by atoms with Crippen LogP contribution in [-0.2, 0) is 4.79 Å². The van der Waals surface area contributed by atoms with Crippen LogP contribution < -0.4 is 14.8 Å². The number of nitrogens with one attached hydrogen (secondary N) is 1. The Hall–Kier alpha value is -2.86. The summed E-state index contributed by atoms with van der Waals surface area (Å²) in [4.78, 5) is 25.9. The van der Waals surface area contributed by atoms with Crippen molar-refractivity contribution in [3.05, 3.63) is 59.7 Å². The van der Waals surface area contributed by atoms with Crippen LogP contribution in [0.4, 0.5) is 0 Å². The average Bonchev–Trinajstić information content (AvgIpc) is 2.72. The van der Waals surface area contributed by atoms with Crippen molar-refractivity contribution >= 4 is 11.7 Å². The van der Waals surface area contributed by atoms with Crippen molar-refractivity contribution in [2.24, 2.45) is 0 Å². The van der Waals surface area contributed by atoms with Gasteiger partial charge in [0.15, 0.2) is 12.4 Å². The van der Waals surface area contributed by atoms with Crippen molar-refractivity contribution in [3.63, 3.8) is 0 Å². The number of Topliss-reactive ketones (excluding diaryl/α,β-unsaturated/α-hetero) is 1. The van der Waals surface area contributed by atoms with Crippen LogP contribution in [0.15, 0.2) is 48.5 Å². The van der Waals surface area contributed by atoms with E-state index in [1.165, 1.54) is 0 Å². The number of carbonyl (C=O) groups excluding carboxylic acids is 2. The number of rotatable bonds is 10. The maximum absolute atomic E-state index is 12.2. The zero-order chi connectivity index (χ0) is 20.5. The van der Waals surface area contributed by atoms with Gasteiger partial charge >= 0.3 is 0 Å². The summed E-state index contributed by atoms with van der Waals surface area (Å²) in [5, 5.41) is 2.91. The minimum atomic E-state index is -0.213. The van der Waals surface area contributed by atoms with Gasteiger partial charge in [0.1, 0.15) is 11.5 Å². The number of nitrogens with zero attached hydrogens (tertiary/aromatic N) is 1. The Kier molecular flexibility index (Phi) is 8.02. The van der Waals surface area contributed by atoms with Gasteiger partial charge in [0.2, 0.25) is 0 Å². The minimum Gasteiger partial charge on any atom is -0.496 e. The summed E-state index contributed by atoms with van der Waals surface area (Å²) in [5.74, 6) is 1.20. The SMILES string of the molecule is CCC(=O)c1ccc(OCC(=O)NCC(c2ccccc2OC)N(C)C)cc1. The molecule has 0 fully saturated rings. The van der Waals surface area contributed by atoms with E-state index in [0.29, 0.717) is 24.3 Å². The van der Waals surface area contributed by atoms with Crippen LogP contribution in [-0.4, -0.2) is 50.9 Å². The molecule has 1 N–H and O–H groups in total. The van der Waals surface area contributed by atoms with E-state index >= 15 is 0 Å². The second kappa shape index (κ2) is 10.5. The summed E-state index contributed by atoms with van der Waals surface area (Å²) < 4.78 is 11.0. The van der Waals surface area contributed by atoms with Crippen LogP contribution in [0.2, 0.25) is 0 Å². The number of likely N-dealkylation sites (N-methyl/N-ethyl adjacent to an activating group) is 1. The largest absolute Gasteiger partial charge is 0.496 e. The standard InChI is InChI=1S/C22H28N2O4/c1-5-20(25)16-10-12-17(13-11-16)28-15-22(26)23-14-19(24(2)3)18-8-6-7-9-21(18)27-4/h6-13,19H,5,14-15H2,1-4H3,(H,23,26). The fourth-order valence-electron chi connectivity index (χ4n) is 2.86. The highest BCUT2D eigenvalue weighted by molar-refractivity contribution is 5.95. The van der Waals surface area contributed by atoms with E-state index in [2.05, 4.69) is 5.32 Å². The molecule has 0 spiro atoms. The summed E-state index contributed by atoms with van der Waals surface area (Å²) in [7, 11) is 5.55. The van der Waals surface area contributed by atoms with E-state index in [1.54, 1.807) is 31.4 Å². The Bertz CT molecular complexity index is 787. The molecule has 2 aromatic carbocycles. The van der Waals surface area contributed by atoms with Crippen LogP contribution in [0.3, 0.4) is 0 Å². The van der Waals surface area contributed by atoms with Crippen LogP contribution in [0.5, 0.6) is 11.5 Å². The van der Waals surface area contributed by atoms with E-state index in [1.807, 2.05) is 50.2 Å². The quantitative estimate of drug-likeness (QED) is 0.638. The lowest BCUT2D eigenvalue weighted by molar-refractivity contribution is -0.123. The maximum atomic E-state index is 12.2. The second-order valence-electron chi connectivity index (χ2n) is 6.62. The summed E-state index contributed by atoms with van der Waals surface area (Å²) in [6.07, 6.45) is 0.460. The zero-order valence-corrected chi connectivity index (χ0v) is 16.9.